The van der Waals surface area contributed by atoms with E-state index < -0.39 is 0 Å². The average Bonchev–Trinajstić information content (AvgIpc) is 2.20. The van der Waals surface area contributed by atoms with E-state index in [1.807, 2.05) is 0 Å². The van der Waals surface area contributed by atoms with Gasteiger partial charge in [-0.05, 0) is 52.2 Å². The highest BCUT2D eigenvalue weighted by Gasteiger charge is 2.26. The minimum atomic E-state index is 0.366. The smallest absolute Gasteiger partial charge is 0.0115 e. The predicted molar refractivity (Wildman–Crippen MR) is 73.9 cm³/mol. The van der Waals surface area contributed by atoms with Gasteiger partial charge in [0.25, 0.3) is 0 Å². The first-order chi connectivity index (χ1) is 7.30. The van der Waals surface area contributed by atoms with E-state index in [9.17, 15) is 0 Å². The van der Waals surface area contributed by atoms with E-state index >= 15 is 0 Å². The Hall–Kier alpha value is -0.0800. The highest BCUT2D eigenvalue weighted by atomic mass is 15.2. The lowest BCUT2D eigenvalue weighted by molar-refractivity contribution is 0.0995. The number of nitrogens with zero attached hydrogens (tertiary/aromatic N) is 1. The molecule has 0 aromatic rings. The first-order valence-electron chi connectivity index (χ1n) is 6.73. The Bertz CT molecular complexity index is 172. The second-order valence-electron chi connectivity index (χ2n) is 6.05. The van der Waals surface area contributed by atoms with Gasteiger partial charge in [0.2, 0.25) is 0 Å². The van der Waals surface area contributed by atoms with Crippen molar-refractivity contribution in [3.63, 3.8) is 0 Å². The lowest BCUT2D eigenvalue weighted by atomic mass is 9.86. The zero-order valence-corrected chi connectivity index (χ0v) is 12.4. The maximum Gasteiger partial charge on any atom is 0.0115 e. The van der Waals surface area contributed by atoms with E-state index in [-0.39, 0.29) is 0 Å². The second-order valence-corrected chi connectivity index (χ2v) is 6.05. The topological polar surface area (TPSA) is 15.3 Å². The molecule has 98 valence electrons. The molecule has 2 nitrogen and oxygen atoms in total. The second kappa shape index (κ2) is 7.29. The number of rotatable bonds is 7. The van der Waals surface area contributed by atoms with E-state index in [0.717, 1.165) is 13.1 Å². The predicted octanol–water partition coefficient (Wildman–Crippen LogP) is 3.13. The Morgan fingerprint density at radius 3 is 2.19 bits per heavy atom. The van der Waals surface area contributed by atoms with Crippen LogP contribution in [0.4, 0.5) is 0 Å². The van der Waals surface area contributed by atoms with Crippen LogP contribution >= 0.6 is 0 Å². The number of nitrogens with one attached hydrogen (secondary N) is 1. The molecule has 0 fully saturated rings. The fourth-order valence-electron chi connectivity index (χ4n) is 1.90. The molecule has 0 spiro atoms. The molecule has 0 bridgehead atoms. The summed E-state index contributed by atoms with van der Waals surface area (Å²) in [7, 11) is 2.26. The Labute approximate surface area is 103 Å². The molecule has 0 amide bonds. The Balaban J connectivity index is 3.93. The van der Waals surface area contributed by atoms with Gasteiger partial charge in [0, 0.05) is 12.1 Å². The largest absolute Gasteiger partial charge is 0.317 e. The molecule has 0 saturated carbocycles. The lowest BCUT2D eigenvalue weighted by Gasteiger charge is -2.39. The highest BCUT2D eigenvalue weighted by Crippen LogP contribution is 2.25. The maximum absolute atomic E-state index is 3.38. The molecule has 0 aliphatic rings. The highest BCUT2D eigenvalue weighted by molar-refractivity contribution is 4.80. The molecule has 0 aliphatic carbocycles. The third-order valence-corrected chi connectivity index (χ3v) is 3.78. The summed E-state index contributed by atoms with van der Waals surface area (Å²) in [6, 6.07) is 1.30. The standard InChI is InChI=1S/C14H32N2/c1-8-15-11-9-10-12(2)16(7)13(3)14(4,5)6/h12-13,15H,8-11H2,1-7H3. The van der Waals surface area contributed by atoms with Crippen molar-refractivity contribution < 1.29 is 0 Å². The molecule has 0 radical (unpaired) electrons. The fourth-order valence-corrected chi connectivity index (χ4v) is 1.90. The Morgan fingerprint density at radius 1 is 1.19 bits per heavy atom. The molecule has 0 aliphatic heterocycles. The molecule has 0 heterocycles. The van der Waals surface area contributed by atoms with E-state index in [2.05, 4.69) is 58.8 Å². The van der Waals surface area contributed by atoms with Gasteiger partial charge in [-0.25, -0.2) is 0 Å². The van der Waals surface area contributed by atoms with E-state index in [1.54, 1.807) is 0 Å². The van der Waals surface area contributed by atoms with Gasteiger partial charge in [-0.1, -0.05) is 27.7 Å². The first kappa shape index (κ1) is 15.9. The molecular weight excluding hydrogens is 196 g/mol. The molecular formula is C14H32N2. The third kappa shape index (κ3) is 5.86. The zero-order chi connectivity index (χ0) is 12.8. The molecule has 1 N–H and O–H groups in total. The van der Waals surface area contributed by atoms with Crippen LogP contribution in [0.3, 0.4) is 0 Å². The molecule has 0 aromatic carbocycles. The zero-order valence-electron chi connectivity index (χ0n) is 12.4. The number of hydrogen-bond donors (Lipinski definition) is 1. The summed E-state index contributed by atoms with van der Waals surface area (Å²) in [5.41, 5.74) is 0.366. The van der Waals surface area contributed by atoms with Crippen LogP contribution in [0.15, 0.2) is 0 Å². The van der Waals surface area contributed by atoms with Gasteiger partial charge in [0.1, 0.15) is 0 Å². The van der Waals surface area contributed by atoms with Gasteiger partial charge in [-0.3, -0.25) is 0 Å². The van der Waals surface area contributed by atoms with Crippen molar-refractivity contribution in [2.75, 3.05) is 20.1 Å². The van der Waals surface area contributed by atoms with Crippen molar-refractivity contribution in [2.24, 2.45) is 5.41 Å². The van der Waals surface area contributed by atoms with Crippen LogP contribution in [-0.2, 0) is 0 Å². The van der Waals surface area contributed by atoms with E-state index in [0.29, 0.717) is 17.5 Å². The van der Waals surface area contributed by atoms with E-state index in [1.165, 1.54) is 12.8 Å². The van der Waals surface area contributed by atoms with Crippen molar-refractivity contribution >= 4 is 0 Å². The fraction of sp³-hybridized carbons (Fsp3) is 1.00. The Morgan fingerprint density at radius 2 is 1.75 bits per heavy atom. The molecule has 16 heavy (non-hydrogen) atoms. The van der Waals surface area contributed by atoms with Crippen molar-refractivity contribution in [1.29, 1.82) is 0 Å². The van der Waals surface area contributed by atoms with E-state index in [4.69, 9.17) is 0 Å². The molecule has 2 unspecified atom stereocenters. The molecule has 2 heteroatoms. The van der Waals surface area contributed by atoms with Crippen LogP contribution in [0.25, 0.3) is 0 Å². The van der Waals surface area contributed by atoms with Crippen LogP contribution in [-0.4, -0.2) is 37.1 Å². The monoisotopic (exact) mass is 228 g/mol. The minimum Gasteiger partial charge on any atom is -0.317 e. The van der Waals surface area contributed by atoms with Crippen molar-refractivity contribution in [3.05, 3.63) is 0 Å². The maximum atomic E-state index is 3.38. The minimum absolute atomic E-state index is 0.366. The normalized spacial score (nSPS) is 16.5. The summed E-state index contributed by atoms with van der Waals surface area (Å²) >= 11 is 0. The first-order valence-corrected chi connectivity index (χ1v) is 6.73. The quantitative estimate of drug-likeness (QED) is 0.674. The summed E-state index contributed by atoms with van der Waals surface area (Å²) in [6.45, 7) is 16.0. The van der Waals surface area contributed by atoms with Gasteiger partial charge in [0.05, 0.1) is 0 Å². The van der Waals surface area contributed by atoms with Gasteiger partial charge in [-0.2, -0.15) is 0 Å². The van der Waals surface area contributed by atoms with Gasteiger partial charge >= 0.3 is 0 Å². The summed E-state index contributed by atoms with van der Waals surface area (Å²) in [5.74, 6) is 0. The SMILES string of the molecule is CCNCCCC(C)N(C)C(C)C(C)(C)C. The van der Waals surface area contributed by atoms with Gasteiger partial charge in [0.15, 0.2) is 0 Å². The van der Waals surface area contributed by atoms with Crippen molar-refractivity contribution in [3.8, 4) is 0 Å². The average molecular weight is 228 g/mol. The molecule has 0 aromatic heterocycles. The third-order valence-electron chi connectivity index (χ3n) is 3.78. The van der Waals surface area contributed by atoms with Crippen LogP contribution in [0.1, 0.15) is 54.4 Å². The molecule has 2 atom stereocenters. The van der Waals surface area contributed by atoms with Gasteiger partial charge < -0.3 is 10.2 Å². The summed E-state index contributed by atoms with van der Waals surface area (Å²) in [4.78, 5) is 2.52. The summed E-state index contributed by atoms with van der Waals surface area (Å²) < 4.78 is 0. The van der Waals surface area contributed by atoms with Crippen LogP contribution in [0.5, 0.6) is 0 Å². The van der Waals surface area contributed by atoms with Crippen LogP contribution < -0.4 is 5.32 Å². The lowest BCUT2D eigenvalue weighted by Crippen LogP contribution is -2.44. The van der Waals surface area contributed by atoms with Gasteiger partial charge in [-0.15, -0.1) is 0 Å². The van der Waals surface area contributed by atoms with Crippen LogP contribution in [0.2, 0.25) is 0 Å². The van der Waals surface area contributed by atoms with Crippen molar-refractivity contribution in [1.82, 2.24) is 10.2 Å². The summed E-state index contributed by atoms with van der Waals surface area (Å²) in [6.07, 6.45) is 2.56. The summed E-state index contributed by atoms with van der Waals surface area (Å²) in [5, 5.41) is 3.38. The molecule has 0 saturated heterocycles. The number of hydrogen-bond acceptors (Lipinski definition) is 2. The van der Waals surface area contributed by atoms with Crippen LogP contribution in [0, 0.1) is 5.41 Å². The Kier molecular flexibility index (Phi) is 7.25. The van der Waals surface area contributed by atoms with Crippen molar-refractivity contribution in [2.45, 2.75) is 66.5 Å². The molecule has 0 rings (SSSR count).